The fourth-order valence-corrected chi connectivity index (χ4v) is 2.77. The third-order valence-electron chi connectivity index (χ3n) is 4.38. The number of benzene rings is 1. The smallest absolute Gasteiger partial charge is 0.162 e. The first-order chi connectivity index (χ1) is 10.6. The molecule has 1 aromatic rings. The first kappa shape index (κ1) is 19.9. The molecule has 1 heteroatoms. The maximum absolute atomic E-state index is 12.3. The molecule has 0 saturated carbocycles. The largest absolute Gasteiger partial charge is 0.294 e. The van der Waals surface area contributed by atoms with Crippen molar-refractivity contribution in [2.75, 3.05) is 0 Å². The Morgan fingerprint density at radius 2 is 1.48 bits per heavy atom. The van der Waals surface area contributed by atoms with Gasteiger partial charge in [-0.2, -0.15) is 0 Å². The Kier molecular flexibility index (Phi) is 7.51. The maximum atomic E-state index is 12.3. The maximum Gasteiger partial charge on any atom is 0.162 e. The van der Waals surface area contributed by atoms with E-state index in [2.05, 4.69) is 53.7 Å². The van der Waals surface area contributed by atoms with Gasteiger partial charge in [-0.05, 0) is 35.3 Å². The Balaban J connectivity index is 2.30. The monoisotopic (exact) mass is 316 g/mol. The average Bonchev–Trinajstić information content (AvgIpc) is 2.44. The van der Waals surface area contributed by atoms with E-state index < -0.39 is 0 Å². The predicted molar refractivity (Wildman–Crippen MR) is 101 cm³/mol. The van der Waals surface area contributed by atoms with E-state index in [1.165, 1.54) is 37.7 Å². The van der Waals surface area contributed by atoms with Crippen molar-refractivity contribution >= 4 is 5.78 Å². The topological polar surface area (TPSA) is 17.1 Å². The molecule has 0 N–H and O–H groups in total. The number of hydrogen-bond donors (Lipinski definition) is 0. The number of hydrogen-bond acceptors (Lipinski definition) is 1. The molecule has 130 valence electrons. The van der Waals surface area contributed by atoms with E-state index in [1.807, 2.05) is 12.1 Å². The summed E-state index contributed by atoms with van der Waals surface area (Å²) in [5.74, 6) is 0.297. The number of rotatable bonds is 8. The minimum atomic E-state index is 0.101. The minimum Gasteiger partial charge on any atom is -0.294 e. The van der Waals surface area contributed by atoms with E-state index >= 15 is 0 Å². The zero-order chi connectivity index (χ0) is 17.5. The molecule has 1 rings (SSSR count). The van der Waals surface area contributed by atoms with Gasteiger partial charge in [0.25, 0.3) is 0 Å². The van der Waals surface area contributed by atoms with Crippen LogP contribution in [0.5, 0.6) is 0 Å². The second-order valence-corrected chi connectivity index (χ2v) is 9.08. The van der Waals surface area contributed by atoms with Crippen LogP contribution in [0.4, 0.5) is 0 Å². The highest BCUT2D eigenvalue weighted by molar-refractivity contribution is 5.96. The fourth-order valence-electron chi connectivity index (χ4n) is 2.77. The summed E-state index contributed by atoms with van der Waals surface area (Å²) in [6.45, 7) is 13.5. The molecule has 0 aliphatic heterocycles. The highest BCUT2D eigenvalue weighted by Gasteiger charge is 2.15. The molecule has 0 bridgehead atoms. The van der Waals surface area contributed by atoms with Gasteiger partial charge in [-0.1, -0.05) is 85.4 Å². The molecule has 0 atom stereocenters. The lowest BCUT2D eigenvalue weighted by molar-refractivity contribution is 0.0979. The van der Waals surface area contributed by atoms with Crippen molar-refractivity contribution in [2.45, 2.75) is 91.9 Å². The SMILES string of the molecule is CC(C)(C)CCCCCCCC(=O)c1cccc(C(C)(C)C)c1. The standard InChI is InChI=1S/C22H36O/c1-21(2,3)16-11-9-7-8-10-15-20(23)18-13-12-14-19(17-18)22(4,5)6/h12-14,17H,7-11,15-16H2,1-6H3. The van der Waals surface area contributed by atoms with Crippen LogP contribution in [-0.2, 0) is 5.41 Å². The first-order valence-corrected chi connectivity index (χ1v) is 9.23. The summed E-state index contributed by atoms with van der Waals surface area (Å²) in [5, 5.41) is 0. The van der Waals surface area contributed by atoms with E-state index in [0.29, 0.717) is 17.6 Å². The first-order valence-electron chi connectivity index (χ1n) is 9.23. The molecule has 1 aromatic carbocycles. The molecule has 0 aliphatic carbocycles. The van der Waals surface area contributed by atoms with Crippen molar-refractivity contribution in [1.82, 2.24) is 0 Å². The average molecular weight is 317 g/mol. The Morgan fingerprint density at radius 3 is 2.09 bits per heavy atom. The van der Waals surface area contributed by atoms with Gasteiger partial charge < -0.3 is 0 Å². The fraction of sp³-hybridized carbons (Fsp3) is 0.682. The molecule has 0 saturated heterocycles. The number of unbranched alkanes of at least 4 members (excludes halogenated alkanes) is 4. The predicted octanol–water partition coefficient (Wildman–Crippen LogP) is 6.94. The van der Waals surface area contributed by atoms with E-state index in [9.17, 15) is 4.79 Å². The summed E-state index contributed by atoms with van der Waals surface area (Å²) in [6.07, 6.45) is 8.04. The second kappa shape index (κ2) is 8.66. The summed E-state index contributed by atoms with van der Waals surface area (Å²) in [7, 11) is 0. The molecule has 0 radical (unpaired) electrons. The second-order valence-electron chi connectivity index (χ2n) is 9.08. The van der Waals surface area contributed by atoms with Gasteiger partial charge in [-0.15, -0.1) is 0 Å². The summed E-state index contributed by atoms with van der Waals surface area (Å²) < 4.78 is 0. The number of carbonyl (C=O) groups is 1. The van der Waals surface area contributed by atoms with Crippen LogP contribution in [0.3, 0.4) is 0 Å². The lowest BCUT2D eigenvalue weighted by atomic mass is 9.85. The summed E-state index contributed by atoms with van der Waals surface area (Å²) in [6, 6.07) is 8.17. The molecule has 1 nitrogen and oxygen atoms in total. The number of ketones is 1. The third kappa shape index (κ3) is 8.34. The van der Waals surface area contributed by atoms with Gasteiger partial charge >= 0.3 is 0 Å². The molecule has 0 fully saturated rings. The van der Waals surface area contributed by atoms with Gasteiger partial charge in [0.15, 0.2) is 5.78 Å². The quantitative estimate of drug-likeness (QED) is 0.375. The molecular weight excluding hydrogens is 280 g/mol. The van der Waals surface area contributed by atoms with Crippen molar-refractivity contribution in [3.8, 4) is 0 Å². The van der Waals surface area contributed by atoms with Crippen molar-refractivity contribution in [2.24, 2.45) is 5.41 Å². The number of Topliss-reactive ketones (excluding diaryl/α,β-unsaturated/α-hetero) is 1. The third-order valence-corrected chi connectivity index (χ3v) is 4.38. The van der Waals surface area contributed by atoms with E-state index in [-0.39, 0.29) is 5.41 Å². The van der Waals surface area contributed by atoms with Crippen LogP contribution >= 0.6 is 0 Å². The Hall–Kier alpha value is -1.11. The van der Waals surface area contributed by atoms with Crippen molar-refractivity contribution in [1.29, 1.82) is 0 Å². The molecule has 0 aromatic heterocycles. The molecule has 0 unspecified atom stereocenters. The van der Waals surface area contributed by atoms with Crippen LogP contribution in [0.1, 0.15) is 102 Å². The Morgan fingerprint density at radius 1 is 0.870 bits per heavy atom. The van der Waals surface area contributed by atoms with Crippen molar-refractivity contribution < 1.29 is 4.79 Å². The summed E-state index contributed by atoms with van der Waals surface area (Å²) in [5.41, 5.74) is 2.67. The molecule has 23 heavy (non-hydrogen) atoms. The van der Waals surface area contributed by atoms with Gasteiger partial charge in [0.1, 0.15) is 0 Å². The Labute approximate surface area is 143 Å². The van der Waals surface area contributed by atoms with Gasteiger partial charge in [0.2, 0.25) is 0 Å². The van der Waals surface area contributed by atoms with E-state index in [0.717, 1.165) is 12.0 Å². The highest BCUT2D eigenvalue weighted by atomic mass is 16.1. The zero-order valence-electron chi connectivity index (χ0n) is 16.2. The normalized spacial score (nSPS) is 12.4. The van der Waals surface area contributed by atoms with E-state index in [4.69, 9.17) is 0 Å². The van der Waals surface area contributed by atoms with E-state index in [1.54, 1.807) is 0 Å². The van der Waals surface area contributed by atoms with Crippen LogP contribution < -0.4 is 0 Å². The van der Waals surface area contributed by atoms with Gasteiger partial charge in [-0.25, -0.2) is 0 Å². The van der Waals surface area contributed by atoms with Crippen molar-refractivity contribution in [3.05, 3.63) is 35.4 Å². The lowest BCUT2D eigenvalue weighted by Crippen LogP contribution is -2.12. The van der Waals surface area contributed by atoms with Crippen molar-refractivity contribution in [3.63, 3.8) is 0 Å². The number of carbonyl (C=O) groups excluding carboxylic acids is 1. The van der Waals surface area contributed by atoms with Gasteiger partial charge in [0.05, 0.1) is 0 Å². The molecular formula is C22H36O. The van der Waals surface area contributed by atoms with Gasteiger partial charge in [-0.3, -0.25) is 4.79 Å². The molecule has 0 amide bonds. The zero-order valence-corrected chi connectivity index (χ0v) is 16.2. The minimum absolute atomic E-state index is 0.101. The lowest BCUT2D eigenvalue weighted by Gasteiger charge is -2.19. The summed E-state index contributed by atoms with van der Waals surface area (Å²) in [4.78, 5) is 12.3. The van der Waals surface area contributed by atoms with Crippen LogP contribution in [0, 0.1) is 5.41 Å². The van der Waals surface area contributed by atoms with Crippen LogP contribution in [0.2, 0.25) is 0 Å². The summed E-state index contributed by atoms with van der Waals surface area (Å²) >= 11 is 0. The van der Waals surface area contributed by atoms with Crippen LogP contribution in [0.25, 0.3) is 0 Å². The van der Waals surface area contributed by atoms with Crippen LogP contribution in [0.15, 0.2) is 24.3 Å². The molecule has 0 spiro atoms. The van der Waals surface area contributed by atoms with Crippen LogP contribution in [-0.4, -0.2) is 5.78 Å². The highest BCUT2D eigenvalue weighted by Crippen LogP contribution is 2.24. The van der Waals surface area contributed by atoms with Gasteiger partial charge in [0, 0.05) is 12.0 Å². The molecule has 0 heterocycles. The molecule has 0 aliphatic rings. The Bertz CT molecular complexity index is 485.